The van der Waals surface area contributed by atoms with Gasteiger partial charge in [-0.05, 0) is 239 Å². The average molecular weight is 1630 g/mol. The van der Waals surface area contributed by atoms with Crippen LogP contribution in [-0.2, 0) is 6.42 Å². The third kappa shape index (κ3) is 29.2. The molecule has 11 heterocycles. The van der Waals surface area contributed by atoms with Gasteiger partial charge < -0.3 is 29.0 Å². The number of aryl methyl sites for hydroxylation is 9. The third-order valence-electron chi connectivity index (χ3n) is 20.3. The molecule has 2 aliphatic heterocycles. The summed E-state index contributed by atoms with van der Waals surface area (Å²) < 4.78 is 6.76. The van der Waals surface area contributed by atoms with Gasteiger partial charge in [-0.15, -0.1) is 11.3 Å². The van der Waals surface area contributed by atoms with Gasteiger partial charge in [0.15, 0.2) is 0 Å². The number of hydrogen-bond donors (Lipinski definition) is 1. The van der Waals surface area contributed by atoms with E-state index in [0.717, 1.165) is 79.2 Å². The molecule has 2 fully saturated rings. The predicted octanol–water partition coefficient (Wildman–Crippen LogP) is 24.8. The van der Waals surface area contributed by atoms with E-state index >= 15 is 0 Å². The molecular weight excluding hydrogens is 1520 g/mol. The Hall–Kier alpha value is -12.9. The second-order valence-electron chi connectivity index (χ2n) is 31.1. The molecule has 19 aromatic rings. The van der Waals surface area contributed by atoms with Crippen LogP contribution < -0.4 is 0 Å². The molecule has 15 heteroatoms. The van der Waals surface area contributed by atoms with Gasteiger partial charge in [0.2, 0.25) is 0 Å². The standard InChI is InChI=1S/4C10H9N.C10H10.2C9H8N2.C9H9N.C9H8O.C9H8S.2C6H14N2/c1-8-6-9-4-2-3-5-10(9)7-11-8;2*1-8-6-9-4-2-3-5-10(9)11-7-8;1-8-6-7-9-4-2-3-5-10(9)11-8;1-8-6-9-4-2-3-5-10(9)7-8;1-7-10-6-8-4-2-3-5-9(8)11-7;1-7-6-10-8-4-2-3-5-9(8)11-7;3*1-7-6-8-4-2-3-5-9(8)10-7;2*1-7-3-5-8(2)6-4-7/h4*2-7H,1H3;2-6H,7H2,1H3;2*2-6H,1H3;2-6,10H,1H3;2*2-6H,1H3;2*3-6H2,1-2H3. The van der Waals surface area contributed by atoms with Gasteiger partial charge >= 0.3 is 0 Å². The van der Waals surface area contributed by atoms with Crippen molar-refractivity contribution in [3.8, 4) is 0 Å². The van der Waals surface area contributed by atoms with Crippen LogP contribution in [0.4, 0.5) is 0 Å². The molecule has 2 saturated heterocycles. The topological polar surface area (TPSA) is 145 Å². The van der Waals surface area contributed by atoms with Gasteiger partial charge in [-0.3, -0.25) is 24.9 Å². The summed E-state index contributed by atoms with van der Waals surface area (Å²) in [4.78, 5) is 48.1. The lowest BCUT2D eigenvalue weighted by Gasteiger charge is -2.28. The SMILES string of the molecule is CC1=Cc2ccccc2C1.CN1CCN(C)CC1.CN1CCN(C)CC1.Cc1cc2ccccc2[nH]1.Cc1cc2ccccc2cn1.Cc1cc2ccccc2o1.Cc1cc2ccccc2s1.Cc1ccc2ccccc2n1.Cc1cnc2ccccc2c1.Cc1cnc2ccccc2c1.Cc1cnc2ccccc2n1.Cc1ncc2ccccc2n1. The van der Waals surface area contributed by atoms with Gasteiger partial charge in [-0.25, -0.2) is 15.0 Å². The number of piperazine rings is 2. The molecule has 9 aromatic heterocycles. The van der Waals surface area contributed by atoms with Crippen LogP contribution in [-0.4, -0.2) is 145 Å². The number of fused-ring (bicyclic) bond motifs is 10. The van der Waals surface area contributed by atoms with Crippen molar-refractivity contribution in [3.05, 3.63) is 389 Å². The van der Waals surface area contributed by atoms with Crippen molar-refractivity contribution in [2.24, 2.45) is 0 Å². The number of benzene rings is 10. The van der Waals surface area contributed by atoms with E-state index in [1.165, 1.54) is 144 Å². The number of furan rings is 1. The summed E-state index contributed by atoms with van der Waals surface area (Å²) in [5.74, 6) is 1.80. The van der Waals surface area contributed by atoms with Crippen LogP contribution in [0.3, 0.4) is 0 Å². The maximum absolute atomic E-state index is 5.37. The van der Waals surface area contributed by atoms with Crippen LogP contribution in [0.15, 0.2) is 332 Å². The highest BCUT2D eigenvalue weighted by Crippen LogP contribution is 2.26. The summed E-state index contributed by atoms with van der Waals surface area (Å²) in [6.45, 7) is 30.2. The third-order valence-corrected chi connectivity index (χ3v) is 21.3. The highest BCUT2D eigenvalue weighted by molar-refractivity contribution is 7.19. The van der Waals surface area contributed by atoms with Crippen molar-refractivity contribution in [1.29, 1.82) is 0 Å². The highest BCUT2D eigenvalue weighted by atomic mass is 32.1. The van der Waals surface area contributed by atoms with Gasteiger partial charge in [0.05, 0.1) is 38.8 Å². The number of para-hydroxylation sites is 8. The Morgan fingerprint density at radius 2 is 0.770 bits per heavy atom. The summed E-state index contributed by atoms with van der Waals surface area (Å²) in [6.07, 6.45) is 12.7. The molecule has 0 atom stereocenters. The zero-order valence-electron chi connectivity index (χ0n) is 73.2. The monoisotopic (exact) mass is 1630 g/mol. The summed E-state index contributed by atoms with van der Waals surface area (Å²) >= 11 is 1.85. The van der Waals surface area contributed by atoms with Crippen LogP contribution in [0.2, 0.25) is 0 Å². The summed E-state index contributed by atoms with van der Waals surface area (Å²) in [5.41, 5.74) is 19.4. The molecule has 0 unspecified atom stereocenters. The summed E-state index contributed by atoms with van der Waals surface area (Å²) in [7, 11) is 8.69. The molecule has 122 heavy (non-hydrogen) atoms. The van der Waals surface area contributed by atoms with E-state index in [4.69, 9.17) is 4.42 Å². The normalized spacial score (nSPS) is 12.8. The summed E-state index contributed by atoms with van der Waals surface area (Å²) in [5, 5.41) is 11.0. The number of thiophene rings is 1. The number of hydrogen-bond acceptors (Lipinski definition) is 14. The number of H-pyrrole nitrogens is 1. The molecular formula is C107H115N13OS. The van der Waals surface area contributed by atoms with Crippen molar-refractivity contribution >= 4 is 115 Å². The molecule has 620 valence electrons. The van der Waals surface area contributed by atoms with Gasteiger partial charge in [0.1, 0.15) is 17.2 Å². The Balaban J connectivity index is 0.000000130. The Labute approximate surface area is 724 Å². The summed E-state index contributed by atoms with van der Waals surface area (Å²) in [6, 6.07) is 98.7. The first kappa shape index (κ1) is 89.9. The lowest BCUT2D eigenvalue weighted by molar-refractivity contribution is 0.181. The van der Waals surface area contributed by atoms with E-state index in [1.54, 1.807) is 6.20 Å². The fourth-order valence-electron chi connectivity index (χ4n) is 13.6. The van der Waals surface area contributed by atoms with Crippen molar-refractivity contribution < 1.29 is 4.42 Å². The molecule has 1 N–H and O–H groups in total. The van der Waals surface area contributed by atoms with Crippen LogP contribution >= 0.6 is 11.3 Å². The number of likely N-dealkylation sites (N-methyl/N-ethyl adjacent to an activating group) is 4. The van der Waals surface area contributed by atoms with Crippen molar-refractivity contribution in [3.63, 3.8) is 0 Å². The lowest BCUT2D eigenvalue weighted by Crippen LogP contribution is -2.42. The number of aromatic nitrogens is 9. The Morgan fingerprint density at radius 1 is 0.311 bits per heavy atom. The second-order valence-corrected chi connectivity index (χ2v) is 32.4. The minimum absolute atomic E-state index is 0.823. The van der Waals surface area contributed by atoms with E-state index in [0.29, 0.717) is 0 Å². The first-order valence-electron chi connectivity index (χ1n) is 41.8. The molecule has 0 spiro atoms. The minimum Gasteiger partial charge on any atom is -0.461 e. The van der Waals surface area contributed by atoms with Crippen LogP contribution in [0.25, 0.3) is 103 Å². The molecule has 0 saturated carbocycles. The van der Waals surface area contributed by atoms with Crippen LogP contribution in [0, 0.1) is 62.3 Å². The van der Waals surface area contributed by atoms with E-state index in [1.807, 2.05) is 228 Å². The number of nitrogens with zero attached hydrogens (tertiary/aromatic N) is 12. The quantitative estimate of drug-likeness (QED) is 0.154. The molecule has 0 amide bonds. The van der Waals surface area contributed by atoms with E-state index < -0.39 is 0 Å². The lowest BCUT2D eigenvalue weighted by atomic mass is 10.1. The van der Waals surface area contributed by atoms with Gasteiger partial charge in [0, 0.05) is 148 Å². The predicted molar refractivity (Wildman–Crippen MR) is 519 cm³/mol. The van der Waals surface area contributed by atoms with E-state index in [-0.39, 0.29) is 0 Å². The second kappa shape index (κ2) is 46.6. The molecule has 22 rings (SSSR count). The van der Waals surface area contributed by atoms with E-state index in [9.17, 15) is 0 Å². The Kier molecular flexibility index (Phi) is 34.4. The molecule has 10 aromatic carbocycles. The minimum atomic E-state index is 0.823. The largest absolute Gasteiger partial charge is 0.461 e. The Bertz CT molecular complexity index is 5560. The van der Waals surface area contributed by atoms with Crippen LogP contribution in [0.5, 0.6) is 0 Å². The van der Waals surface area contributed by atoms with Gasteiger partial charge in [-0.2, -0.15) is 0 Å². The smallest absolute Gasteiger partial charge is 0.134 e. The van der Waals surface area contributed by atoms with Gasteiger partial charge in [-0.1, -0.05) is 206 Å². The first-order valence-corrected chi connectivity index (χ1v) is 42.6. The maximum Gasteiger partial charge on any atom is 0.134 e. The number of aromatic amines is 1. The number of allylic oxidation sites excluding steroid dienone is 1. The number of pyridine rings is 4. The van der Waals surface area contributed by atoms with Crippen molar-refractivity contribution in [2.75, 3.05) is 80.5 Å². The zero-order chi connectivity index (χ0) is 86.0. The van der Waals surface area contributed by atoms with E-state index in [2.05, 4.69) is 267 Å². The average Bonchev–Trinajstić information content (AvgIpc) is 1.82. The molecule has 1 aliphatic carbocycles. The molecule has 0 radical (unpaired) electrons. The highest BCUT2D eigenvalue weighted by Gasteiger charge is 2.10. The maximum atomic E-state index is 5.37. The first-order chi connectivity index (χ1) is 59.2. The van der Waals surface area contributed by atoms with Crippen molar-refractivity contribution in [1.82, 2.24) is 64.5 Å². The number of nitrogens with one attached hydrogen (secondary N) is 1. The fourth-order valence-corrected chi connectivity index (χ4v) is 14.5. The van der Waals surface area contributed by atoms with Crippen LogP contribution in [0.1, 0.15) is 68.4 Å². The molecule has 14 nitrogen and oxygen atoms in total. The van der Waals surface area contributed by atoms with Crippen molar-refractivity contribution in [2.45, 2.75) is 75.7 Å². The fraction of sp³-hybridized carbons (Fsp3) is 0.215. The number of rotatable bonds is 0. The molecule has 0 bridgehead atoms. The molecule has 3 aliphatic rings. The van der Waals surface area contributed by atoms with Gasteiger partial charge in [0.25, 0.3) is 0 Å². The zero-order valence-corrected chi connectivity index (χ0v) is 74.0. The Morgan fingerprint density at radius 3 is 1.36 bits per heavy atom.